The average molecular weight is 253 g/mol. The van der Waals surface area contributed by atoms with E-state index in [1.807, 2.05) is 0 Å². The Labute approximate surface area is 80.9 Å². The molecule has 0 N–H and O–H groups in total. The van der Waals surface area contributed by atoms with Crippen LogP contribution in [-0.2, 0) is 18.8 Å². The summed E-state index contributed by atoms with van der Waals surface area (Å²) in [4.78, 5) is 0. The molecule has 0 aromatic heterocycles. The van der Waals surface area contributed by atoms with Crippen molar-refractivity contribution in [2.45, 2.75) is 11.9 Å². The quantitative estimate of drug-likeness (QED) is 0.525. The maximum absolute atomic E-state index is 12.0. The number of hydrogen-bond donors (Lipinski definition) is 0. The van der Waals surface area contributed by atoms with Gasteiger partial charge in [0.15, 0.2) is 5.08 Å². The van der Waals surface area contributed by atoms with Crippen LogP contribution in [0.5, 0.6) is 0 Å². The molecule has 1 unspecified atom stereocenters. The topological polar surface area (TPSA) is 34.1 Å². The molecule has 13 heavy (non-hydrogen) atoms. The van der Waals surface area contributed by atoms with Crippen molar-refractivity contribution in [1.82, 2.24) is 0 Å². The first-order valence-electron chi connectivity index (χ1n) is 3.43. The van der Waals surface area contributed by atoms with Crippen molar-refractivity contribution < 1.29 is 21.6 Å². The molecule has 1 aliphatic rings. The second-order valence-corrected chi connectivity index (χ2v) is 9.57. The standard InChI is InChI=1S/C5H8F3O2S3/c6-5(7,8)13(9,10)12-3-1-2-11-4-12/h1-4H2/q+1. The van der Waals surface area contributed by atoms with Crippen LogP contribution in [0.25, 0.3) is 0 Å². The van der Waals surface area contributed by atoms with Crippen LogP contribution in [0, 0.1) is 0 Å². The summed E-state index contributed by atoms with van der Waals surface area (Å²) in [5.41, 5.74) is -5.08. The van der Waals surface area contributed by atoms with E-state index in [1.165, 1.54) is 11.8 Å². The van der Waals surface area contributed by atoms with E-state index in [-0.39, 0.29) is 10.8 Å². The van der Waals surface area contributed by atoms with Crippen molar-refractivity contribution in [3.8, 4) is 0 Å². The molecule has 1 aliphatic heterocycles. The molecule has 0 aliphatic carbocycles. The fraction of sp³-hybridized carbons (Fsp3) is 1.00. The third-order valence-electron chi connectivity index (χ3n) is 1.47. The van der Waals surface area contributed by atoms with Crippen molar-refractivity contribution in [2.75, 3.05) is 16.6 Å². The number of halogens is 3. The molecule has 0 aromatic carbocycles. The van der Waals surface area contributed by atoms with Gasteiger partial charge in [-0.15, -0.1) is 11.8 Å². The lowest BCUT2D eigenvalue weighted by Gasteiger charge is -2.13. The van der Waals surface area contributed by atoms with Gasteiger partial charge >= 0.3 is 14.4 Å². The molecular weight excluding hydrogens is 245 g/mol. The Morgan fingerprint density at radius 1 is 1.31 bits per heavy atom. The molecule has 78 valence electrons. The second-order valence-electron chi connectivity index (χ2n) is 2.42. The van der Waals surface area contributed by atoms with E-state index in [0.717, 1.165) is 5.75 Å². The van der Waals surface area contributed by atoms with Crippen molar-refractivity contribution in [2.24, 2.45) is 0 Å². The lowest BCUT2D eigenvalue weighted by molar-refractivity contribution is -0.0411. The summed E-state index contributed by atoms with van der Waals surface area (Å²) in [6, 6.07) is 0. The molecule has 1 saturated heterocycles. The molecule has 0 amide bonds. The number of rotatable bonds is 1. The smallest absolute Gasteiger partial charge is 0.168 e. The van der Waals surface area contributed by atoms with E-state index in [9.17, 15) is 21.6 Å². The van der Waals surface area contributed by atoms with Crippen molar-refractivity contribution in [3.05, 3.63) is 0 Å². The van der Waals surface area contributed by atoms with Gasteiger partial charge in [-0.05, 0) is 0 Å². The summed E-state index contributed by atoms with van der Waals surface area (Å²) in [5, 5.41) is 0.0991. The van der Waals surface area contributed by atoms with Crippen LogP contribution in [0.4, 0.5) is 13.2 Å². The Morgan fingerprint density at radius 3 is 2.31 bits per heavy atom. The highest BCUT2D eigenvalue weighted by Gasteiger charge is 2.58. The largest absolute Gasteiger partial charge is 0.543 e. The fourth-order valence-electron chi connectivity index (χ4n) is 0.839. The maximum Gasteiger partial charge on any atom is 0.543 e. The maximum atomic E-state index is 12.0. The fourth-order valence-corrected chi connectivity index (χ4v) is 8.08. The van der Waals surface area contributed by atoms with Crippen molar-refractivity contribution in [1.29, 1.82) is 0 Å². The zero-order valence-corrected chi connectivity index (χ0v) is 8.95. The van der Waals surface area contributed by atoms with Gasteiger partial charge in [-0.1, -0.05) is 0 Å². The minimum absolute atomic E-state index is 0.0991. The monoisotopic (exact) mass is 253 g/mol. The Morgan fingerprint density at radius 2 is 1.92 bits per heavy atom. The average Bonchev–Trinajstić information content (AvgIpc) is 2.04. The molecule has 0 spiro atoms. The Kier molecular flexibility index (Phi) is 3.45. The third-order valence-corrected chi connectivity index (χ3v) is 9.49. The minimum Gasteiger partial charge on any atom is -0.168 e. The first kappa shape index (κ1) is 11.5. The van der Waals surface area contributed by atoms with Crippen molar-refractivity contribution in [3.63, 3.8) is 0 Å². The zero-order valence-electron chi connectivity index (χ0n) is 6.50. The summed E-state index contributed by atoms with van der Waals surface area (Å²) in [6.07, 6.45) is 0.559. The highest BCUT2D eigenvalue weighted by Crippen LogP contribution is 2.34. The number of alkyl halides is 3. The van der Waals surface area contributed by atoms with Gasteiger partial charge in [-0.25, -0.2) is 0 Å². The van der Waals surface area contributed by atoms with Gasteiger partial charge in [-0.3, -0.25) is 0 Å². The summed E-state index contributed by atoms with van der Waals surface area (Å²) < 4.78 is 57.8. The second kappa shape index (κ2) is 3.90. The predicted molar refractivity (Wildman–Crippen MR) is 49.1 cm³/mol. The van der Waals surface area contributed by atoms with E-state index in [2.05, 4.69) is 0 Å². The van der Waals surface area contributed by atoms with Crippen LogP contribution in [-0.4, -0.2) is 30.5 Å². The predicted octanol–water partition coefficient (Wildman–Crippen LogP) is 1.55. The molecule has 0 aromatic rings. The van der Waals surface area contributed by atoms with Crippen LogP contribution < -0.4 is 0 Å². The molecule has 1 rings (SSSR count). The molecule has 2 nitrogen and oxygen atoms in total. The van der Waals surface area contributed by atoms with Gasteiger partial charge in [0, 0.05) is 12.2 Å². The van der Waals surface area contributed by atoms with Crippen LogP contribution in [0.2, 0.25) is 0 Å². The van der Waals surface area contributed by atoms with Gasteiger partial charge in [0.1, 0.15) is 15.7 Å². The van der Waals surface area contributed by atoms with E-state index >= 15 is 0 Å². The molecule has 1 fully saturated rings. The molecular formula is C5H8F3O2S3+. The third kappa shape index (κ3) is 2.47. The lowest BCUT2D eigenvalue weighted by atomic mass is 10.6. The summed E-state index contributed by atoms with van der Waals surface area (Å²) in [7, 11) is -6.41. The molecule has 0 bridgehead atoms. The Bertz CT molecular complexity index is 265. The van der Waals surface area contributed by atoms with Crippen LogP contribution in [0.15, 0.2) is 0 Å². The summed E-state index contributed by atoms with van der Waals surface area (Å²) >= 11 is 1.28. The first-order valence-corrected chi connectivity index (χ1v) is 8.14. The Balaban J connectivity index is 2.80. The first-order chi connectivity index (χ1) is 5.86. The van der Waals surface area contributed by atoms with E-state index < -0.39 is 24.3 Å². The summed E-state index contributed by atoms with van der Waals surface area (Å²) in [6.45, 7) is 0. The molecule has 8 heteroatoms. The van der Waals surface area contributed by atoms with E-state index in [0.29, 0.717) is 6.42 Å². The molecule has 0 radical (unpaired) electrons. The van der Waals surface area contributed by atoms with Gasteiger partial charge < -0.3 is 0 Å². The van der Waals surface area contributed by atoms with Crippen LogP contribution in [0.3, 0.4) is 0 Å². The van der Waals surface area contributed by atoms with Gasteiger partial charge in [0.25, 0.3) is 0 Å². The summed E-state index contributed by atoms with van der Waals surface area (Å²) in [5.74, 6) is 0.922. The van der Waals surface area contributed by atoms with Crippen LogP contribution >= 0.6 is 11.8 Å². The minimum atomic E-state index is -5.08. The van der Waals surface area contributed by atoms with Gasteiger partial charge in [-0.2, -0.15) is 21.6 Å². The highest BCUT2D eigenvalue weighted by atomic mass is 33.2. The van der Waals surface area contributed by atoms with Crippen LogP contribution in [0.1, 0.15) is 6.42 Å². The van der Waals surface area contributed by atoms with E-state index in [4.69, 9.17) is 0 Å². The number of hydrogen-bond acceptors (Lipinski definition) is 3. The molecule has 1 heterocycles. The van der Waals surface area contributed by atoms with Gasteiger partial charge in [0.05, 0.1) is 0 Å². The molecule has 1 atom stereocenters. The number of thioether (sulfide) groups is 1. The molecule has 0 saturated carbocycles. The van der Waals surface area contributed by atoms with E-state index in [1.54, 1.807) is 0 Å². The van der Waals surface area contributed by atoms with Crippen molar-refractivity contribution >= 4 is 30.6 Å². The SMILES string of the molecule is O=S(=O)([S+]1CCCSC1)C(F)(F)F. The highest BCUT2D eigenvalue weighted by molar-refractivity contribution is 8.71. The zero-order chi connectivity index (χ0) is 10.1. The normalized spacial score (nSPS) is 25.9. The Hall–Kier alpha value is 0.440. The lowest BCUT2D eigenvalue weighted by Crippen LogP contribution is -2.35. The van der Waals surface area contributed by atoms with Gasteiger partial charge in [0.2, 0.25) is 0 Å².